The number of benzene rings is 3. The van der Waals surface area contributed by atoms with Crippen LogP contribution in [0.5, 0.6) is 0 Å². The monoisotopic (exact) mass is 471 g/mol. The molecule has 0 saturated carbocycles. The minimum Gasteiger partial charge on any atom is -0.478 e. The van der Waals surface area contributed by atoms with Gasteiger partial charge < -0.3 is 5.11 Å². The van der Waals surface area contributed by atoms with Crippen LogP contribution in [0.3, 0.4) is 0 Å². The van der Waals surface area contributed by atoms with Crippen molar-refractivity contribution in [3.63, 3.8) is 0 Å². The predicted octanol–water partition coefficient (Wildman–Crippen LogP) is 6.24. The molecule has 162 valence electrons. The standard InChI is InChI=1S/C23H15ClFNO5S/c24-19-10-3-15(11-20(19)26(30)31)12-21(32-13-14-1-8-18(25)9-2-14)22(27)16-4-6-17(7-5-16)23(28)29/h1-12H,13H2,(H,28,29). The number of thioether (sulfide) groups is 1. The molecule has 0 saturated heterocycles. The Morgan fingerprint density at radius 1 is 1.03 bits per heavy atom. The van der Waals surface area contributed by atoms with Crippen molar-refractivity contribution in [3.8, 4) is 0 Å². The summed E-state index contributed by atoms with van der Waals surface area (Å²) < 4.78 is 13.2. The van der Waals surface area contributed by atoms with Gasteiger partial charge in [-0.15, -0.1) is 11.8 Å². The highest BCUT2D eigenvalue weighted by Gasteiger charge is 2.17. The fraction of sp³-hybridized carbons (Fsp3) is 0.0435. The van der Waals surface area contributed by atoms with Gasteiger partial charge >= 0.3 is 5.97 Å². The van der Waals surface area contributed by atoms with Crippen LogP contribution in [-0.4, -0.2) is 21.8 Å². The SMILES string of the molecule is O=C(O)c1ccc(C(=O)C(=Cc2ccc(Cl)c([N+](=O)[O-])c2)SCc2ccc(F)cc2)cc1. The van der Waals surface area contributed by atoms with E-state index in [2.05, 4.69) is 0 Å². The third-order valence-corrected chi connectivity index (χ3v) is 5.80. The van der Waals surface area contributed by atoms with Crippen molar-refractivity contribution in [2.45, 2.75) is 5.75 Å². The first-order valence-corrected chi connectivity index (χ1v) is 10.5. The van der Waals surface area contributed by atoms with Crippen molar-refractivity contribution in [1.82, 2.24) is 0 Å². The molecule has 0 fully saturated rings. The molecule has 9 heteroatoms. The van der Waals surface area contributed by atoms with Gasteiger partial charge in [-0.05, 0) is 47.5 Å². The highest BCUT2D eigenvalue weighted by Crippen LogP contribution is 2.30. The predicted molar refractivity (Wildman–Crippen MR) is 122 cm³/mol. The lowest BCUT2D eigenvalue weighted by Gasteiger charge is -2.08. The fourth-order valence-electron chi connectivity index (χ4n) is 2.73. The number of Topliss-reactive ketones (excluding diaryl/α,β-unsaturated/α-hetero) is 1. The Balaban J connectivity index is 1.96. The summed E-state index contributed by atoms with van der Waals surface area (Å²) in [7, 11) is 0. The number of hydrogen-bond donors (Lipinski definition) is 1. The molecule has 3 aromatic rings. The number of nitrogens with zero attached hydrogens (tertiary/aromatic N) is 1. The van der Waals surface area contributed by atoms with Crippen LogP contribution in [0.4, 0.5) is 10.1 Å². The van der Waals surface area contributed by atoms with E-state index in [9.17, 15) is 24.1 Å². The highest BCUT2D eigenvalue weighted by molar-refractivity contribution is 8.03. The molecule has 0 amide bonds. The summed E-state index contributed by atoms with van der Waals surface area (Å²) in [6.07, 6.45) is 1.50. The third kappa shape index (κ3) is 5.81. The first-order chi connectivity index (χ1) is 15.2. The number of allylic oxidation sites excluding steroid dienone is 1. The van der Waals surface area contributed by atoms with Gasteiger partial charge in [-0.1, -0.05) is 41.9 Å². The van der Waals surface area contributed by atoms with Crippen molar-refractivity contribution < 1.29 is 24.0 Å². The number of carbonyl (C=O) groups excluding carboxylic acids is 1. The summed E-state index contributed by atoms with van der Waals surface area (Å²) in [6.45, 7) is 0. The number of nitro benzene ring substituents is 1. The number of carboxylic acids is 1. The van der Waals surface area contributed by atoms with E-state index in [1.54, 1.807) is 18.2 Å². The average molecular weight is 472 g/mol. The molecule has 0 radical (unpaired) electrons. The Bertz CT molecular complexity index is 1210. The summed E-state index contributed by atoms with van der Waals surface area (Å²) in [5.41, 5.74) is 1.19. The zero-order chi connectivity index (χ0) is 23.3. The smallest absolute Gasteiger partial charge is 0.335 e. The number of carbonyl (C=O) groups is 2. The number of aromatic carboxylic acids is 1. The molecule has 0 atom stereocenters. The van der Waals surface area contributed by atoms with Crippen LogP contribution < -0.4 is 0 Å². The van der Waals surface area contributed by atoms with Gasteiger partial charge in [-0.25, -0.2) is 9.18 Å². The van der Waals surface area contributed by atoms with Crippen molar-refractivity contribution in [2.75, 3.05) is 0 Å². The van der Waals surface area contributed by atoms with Gasteiger partial charge in [-0.2, -0.15) is 0 Å². The second kappa shape index (κ2) is 10.2. The van der Waals surface area contributed by atoms with E-state index in [1.165, 1.54) is 66.4 Å². The van der Waals surface area contributed by atoms with Gasteiger partial charge in [0.05, 0.1) is 15.4 Å². The highest BCUT2D eigenvalue weighted by atomic mass is 35.5. The van der Waals surface area contributed by atoms with Crippen molar-refractivity contribution >= 4 is 46.9 Å². The maximum Gasteiger partial charge on any atom is 0.335 e. The molecule has 6 nitrogen and oxygen atoms in total. The number of rotatable bonds is 8. The number of carboxylic acid groups (broad SMARTS) is 1. The minimum atomic E-state index is -1.11. The second-order valence-corrected chi connectivity index (χ2v) is 8.03. The van der Waals surface area contributed by atoms with Crippen LogP contribution in [0, 0.1) is 15.9 Å². The zero-order valence-electron chi connectivity index (χ0n) is 16.3. The topological polar surface area (TPSA) is 97.5 Å². The molecular formula is C23H15ClFNO5S. The van der Waals surface area contributed by atoms with E-state index >= 15 is 0 Å². The fourth-order valence-corrected chi connectivity index (χ4v) is 3.90. The molecule has 32 heavy (non-hydrogen) atoms. The van der Waals surface area contributed by atoms with Crippen LogP contribution in [0.1, 0.15) is 31.8 Å². The van der Waals surface area contributed by atoms with Crippen molar-refractivity contribution in [1.29, 1.82) is 0 Å². The van der Waals surface area contributed by atoms with Gasteiger partial charge in [0.1, 0.15) is 10.8 Å². The number of hydrogen-bond acceptors (Lipinski definition) is 5. The summed E-state index contributed by atoms with van der Waals surface area (Å²) in [6, 6.07) is 15.5. The lowest BCUT2D eigenvalue weighted by atomic mass is 10.1. The Kier molecular flexibility index (Phi) is 7.40. The Hall–Kier alpha value is -3.49. The molecule has 1 N–H and O–H groups in total. The summed E-state index contributed by atoms with van der Waals surface area (Å²) >= 11 is 7.04. The average Bonchev–Trinajstić information content (AvgIpc) is 2.78. The van der Waals surface area contributed by atoms with E-state index in [1.807, 2.05) is 0 Å². The summed E-state index contributed by atoms with van der Waals surface area (Å²) in [5.74, 6) is -1.52. The van der Waals surface area contributed by atoms with Gasteiger partial charge in [-0.3, -0.25) is 14.9 Å². The Morgan fingerprint density at radius 3 is 2.25 bits per heavy atom. The molecule has 3 rings (SSSR count). The van der Waals surface area contributed by atoms with E-state index < -0.39 is 10.9 Å². The molecule has 0 aliphatic carbocycles. The molecule has 3 aromatic carbocycles. The molecule has 0 heterocycles. The zero-order valence-corrected chi connectivity index (χ0v) is 17.9. The molecule has 0 bridgehead atoms. The Morgan fingerprint density at radius 2 is 1.66 bits per heavy atom. The van der Waals surface area contributed by atoms with Crippen LogP contribution in [-0.2, 0) is 5.75 Å². The lowest BCUT2D eigenvalue weighted by Crippen LogP contribution is -2.03. The molecule has 0 unspecified atom stereocenters. The quantitative estimate of drug-likeness (QED) is 0.181. The van der Waals surface area contributed by atoms with E-state index in [4.69, 9.17) is 16.7 Å². The van der Waals surface area contributed by atoms with Crippen molar-refractivity contribution in [3.05, 3.63) is 115 Å². The molecular weight excluding hydrogens is 457 g/mol. The van der Waals surface area contributed by atoms with Gasteiger partial charge in [0.2, 0.25) is 0 Å². The van der Waals surface area contributed by atoms with Gasteiger partial charge in [0.15, 0.2) is 5.78 Å². The van der Waals surface area contributed by atoms with E-state index in [-0.39, 0.29) is 38.3 Å². The van der Waals surface area contributed by atoms with E-state index in [0.29, 0.717) is 11.3 Å². The van der Waals surface area contributed by atoms with E-state index in [0.717, 1.165) is 5.56 Å². The van der Waals surface area contributed by atoms with Gasteiger partial charge in [0.25, 0.3) is 5.69 Å². The summed E-state index contributed by atoms with van der Waals surface area (Å²) in [4.78, 5) is 35.0. The number of nitro groups is 1. The second-order valence-electron chi connectivity index (χ2n) is 6.60. The maximum atomic E-state index is 13.2. The minimum absolute atomic E-state index is 0.0248. The molecule has 0 aliphatic rings. The Labute approximate surface area is 191 Å². The van der Waals surface area contributed by atoms with Gasteiger partial charge in [0, 0.05) is 17.4 Å². The van der Waals surface area contributed by atoms with Crippen molar-refractivity contribution in [2.24, 2.45) is 0 Å². The normalized spacial score (nSPS) is 11.2. The molecule has 0 spiro atoms. The first kappa shape index (κ1) is 23.2. The molecule has 0 aliphatic heterocycles. The van der Waals surface area contributed by atoms with Crippen LogP contribution in [0.25, 0.3) is 6.08 Å². The van der Waals surface area contributed by atoms with Crippen LogP contribution >= 0.6 is 23.4 Å². The third-order valence-electron chi connectivity index (χ3n) is 4.39. The number of ketones is 1. The summed E-state index contributed by atoms with van der Waals surface area (Å²) in [5, 5.41) is 20.2. The first-order valence-electron chi connectivity index (χ1n) is 9.15. The van der Waals surface area contributed by atoms with Crippen LogP contribution in [0.2, 0.25) is 5.02 Å². The molecule has 0 aromatic heterocycles. The lowest BCUT2D eigenvalue weighted by molar-refractivity contribution is -0.384. The number of halogens is 2. The largest absolute Gasteiger partial charge is 0.478 e. The van der Waals surface area contributed by atoms with Crippen LogP contribution in [0.15, 0.2) is 71.6 Å². The maximum absolute atomic E-state index is 13.2.